The van der Waals surface area contributed by atoms with Crippen LogP contribution < -0.4 is 5.73 Å². The molecule has 0 saturated carbocycles. The van der Waals surface area contributed by atoms with E-state index in [-0.39, 0.29) is 5.82 Å². The summed E-state index contributed by atoms with van der Waals surface area (Å²) in [6.07, 6.45) is 2.34. The smallest absolute Gasteiger partial charge is 0.125 e. The lowest BCUT2D eigenvalue weighted by Crippen LogP contribution is -2.06. The average molecular weight is 225 g/mol. The van der Waals surface area contributed by atoms with Gasteiger partial charge in [0.05, 0.1) is 6.61 Å². The van der Waals surface area contributed by atoms with Gasteiger partial charge in [-0.1, -0.05) is 26.3 Å². The molecule has 0 heterocycles. The number of benzene rings is 1. The zero-order chi connectivity index (χ0) is 12.0. The first-order chi connectivity index (χ1) is 7.63. The average Bonchev–Trinajstić information content (AvgIpc) is 2.22. The second kappa shape index (κ2) is 6.48. The van der Waals surface area contributed by atoms with Gasteiger partial charge in [0.15, 0.2) is 0 Å². The summed E-state index contributed by atoms with van der Waals surface area (Å²) in [5.41, 5.74) is 6.99. The zero-order valence-corrected chi connectivity index (χ0v) is 10.0. The minimum atomic E-state index is -0.305. The van der Waals surface area contributed by atoms with E-state index >= 15 is 0 Å². The lowest BCUT2D eigenvalue weighted by Gasteiger charge is -2.11. The van der Waals surface area contributed by atoms with Gasteiger partial charge < -0.3 is 10.5 Å². The molecule has 0 saturated heterocycles. The van der Waals surface area contributed by atoms with Crippen molar-refractivity contribution in [3.8, 4) is 0 Å². The van der Waals surface area contributed by atoms with Crippen LogP contribution in [0.4, 0.5) is 10.1 Å². The molecule has 90 valence electrons. The predicted molar refractivity (Wildman–Crippen MR) is 64.5 cm³/mol. The highest BCUT2D eigenvalue weighted by atomic mass is 19.1. The van der Waals surface area contributed by atoms with Crippen LogP contribution in [0.5, 0.6) is 0 Å². The molecule has 0 aliphatic heterocycles. The van der Waals surface area contributed by atoms with Crippen LogP contribution in [0.3, 0.4) is 0 Å². The number of rotatable bonds is 6. The van der Waals surface area contributed by atoms with Gasteiger partial charge in [0, 0.05) is 17.9 Å². The van der Waals surface area contributed by atoms with Crippen LogP contribution in [0, 0.1) is 11.7 Å². The maximum atomic E-state index is 12.8. The van der Waals surface area contributed by atoms with Crippen LogP contribution in [0.1, 0.15) is 32.3 Å². The molecule has 1 rings (SSSR count). The molecule has 3 heteroatoms. The minimum absolute atomic E-state index is 0.305. The fourth-order valence-corrected chi connectivity index (χ4v) is 1.64. The van der Waals surface area contributed by atoms with Crippen molar-refractivity contribution in [1.82, 2.24) is 0 Å². The number of hydrogen-bond donors (Lipinski definition) is 1. The third kappa shape index (κ3) is 4.19. The Kier molecular flexibility index (Phi) is 5.26. The summed E-state index contributed by atoms with van der Waals surface area (Å²) in [6, 6.07) is 4.41. The van der Waals surface area contributed by atoms with Crippen molar-refractivity contribution in [2.45, 2.75) is 33.3 Å². The van der Waals surface area contributed by atoms with Crippen molar-refractivity contribution >= 4 is 5.69 Å². The first kappa shape index (κ1) is 13.0. The third-order valence-corrected chi connectivity index (χ3v) is 2.55. The molecule has 0 spiro atoms. The topological polar surface area (TPSA) is 35.2 Å². The Labute approximate surface area is 96.6 Å². The van der Waals surface area contributed by atoms with E-state index in [2.05, 4.69) is 13.8 Å². The van der Waals surface area contributed by atoms with E-state index in [1.807, 2.05) is 0 Å². The predicted octanol–water partition coefficient (Wildman–Crippen LogP) is 3.36. The maximum absolute atomic E-state index is 12.8. The van der Waals surface area contributed by atoms with E-state index in [9.17, 15) is 4.39 Å². The van der Waals surface area contributed by atoms with E-state index in [0.29, 0.717) is 18.2 Å². The molecule has 1 atom stereocenters. The number of hydrogen-bond acceptors (Lipinski definition) is 2. The molecule has 0 fully saturated rings. The summed E-state index contributed by atoms with van der Waals surface area (Å²) in [5, 5.41) is 0. The van der Waals surface area contributed by atoms with Crippen molar-refractivity contribution in [3.63, 3.8) is 0 Å². The first-order valence-corrected chi connectivity index (χ1v) is 5.75. The monoisotopic (exact) mass is 225 g/mol. The number of ether oxygens (including phenoxy) is 1. The number of halogens is 1. The zero-order valence-electron chi connectivity index (χ0n) is 10.0. The van der Waals surface area contributed by atoms with Gasteiger partial charge in [-0.2, -0.15) is 0 Å². The molecule has 1 aromatic rings. The summed E-state index contributed by atoms with van der Waals surface area (Å²) < 4.78 is 18.3. The first-order valence-electron chi connectivity index (χ1n) is 5.75. The molecule has 16 heavy (non-hydrogen) atoms. The van der Waals surface area contributed by atoms with Crippen LogP contribution >= 0.6 is 0 Å². The lowest BCUT2D eigenvalue weighted by atomic mass is 10.1. The largest absolute Gasteiger partial charge is 0.398 e. The molecule has 2 nitrogen and oxygen atoms in total. The Morgan fingerprint density at radius 2 is 2.19 bits per heavy atom. The van der Waals surface area contributed by atoms with Gasteiger partial charge >= 0.3 is 0 Å². The molecule has 0 radical (unpaired) electrons. The van der Waals surface area contributed by atoms with Gasteiger partial charge in [-0.15, -0.1) is 0 Å². The Balaban J connectivity index is 2.37. The molecular weight excluding hydrogens is 205 g/mol. The van der Waals surface area contributed by atoms with Crippen LogP contribution in [0.15, 0.2) is 18.2 Å². The van der Waals surface area contributed by atoms with Crippen LogP contribution in [0.2, 0.25) is 0 Å². The molecule has 2 N–H and O–H groups in total. The van der Waals surface area contributed by atoms with Gasteiger partial charge in [-0.05, 0) is 24.5 Å². The Hall–Kier alpha value is -1.09. The molecule has 0 aromatic heterocycles. The van der Waals surface area contributed by atoms with E-state index in [1.165, 1.54) is 25.0 Å². The maximum Gasteiger partial charge on any atom is 0.125 e. The van der Waals surface area contributed by atoms with Crippen molar-refractivity contribution in [1.29, 1.82) is 0 Å². The van der Waals surface area contributed by atoms with Crippen molar-refractivity contribution in [2.75, 3.05) is 12.3 Å². The highest BCUT2D eigenvalue weighted by Crippen LogP contribution is 2.15. The quantitative estimate of drug-likeness (QED) is 0.753. The lowest BCUT2D eigenvalue weighted by molar-refractivity contribution is 0.0897. The SMILES string of the molecule is CCCC(C)COCc1ccc(F)cc1N. The summed E-state index contributed by atoms with van der Waals surface area (Å²) in [4.78, 5) is 0. The van der Waals surface area contributed by atoms with Gasteiger partial charge in [-0.25, -0.2) is 4.39 Å². The second-order valence-corrected chi connectivity index (χ2v) is 4.25. The molecule has 0 amide bonds. The fraction of sp³-hybridized carbons (Fsp3) is 0.538. The van der Waals surface area contributed by atoms with Gasteiger partial charge in [0.2, 0.25) is 0 Å². The number of nitrogen functional groups attached to an aromatic ring is 1. The Morgan fingerprint density at radius 3 is 2.81 bits per heavy atom. The van der Waals surface area contributed by atoms with Crippen LogP contribution in [0.25, 0.3) is 0 Å². The Bertz CT molecular complexity index is 328. The van der Waals surface area contributed by atoms with Crippen molar-refractivity contribution in [3.05, 3.63) is 29.6 Å². The molecule has 0 aliphatic carbocycles. The summed E-state index contributed by atoms with van der Waals surface area (Å²) >= 11 is 0. The minimum Gasteiger partial charge on any atom is -0.398 e. The highest BCUT2D eigenvalue weighted by molar-refractivity contribution is 5.46. The van der Waals surface area contributed by atoms with Gasteiger partial charge in [0.25, 0.3) is 0 Å². The molecule has 0 bridgehead atoms. The molecule has 1 aromatic carbocycles. The van der Waals surface area contributed by atoms with E-state index in [4.69, 9.17) is 10.5 Å². The Morgan fingerprint density at radius 1 is 1.44 bits per heavy atom. The van der Waals surface area contributed by atoms with Crippen molar-refractivity contribution < 1.29 is 9.13 Å². The highest BCUT2D eigenvalue weighted by Gasteiger charge is 2.03. The van der Waals surface area contributed by atoms with Gasteiger partial charge in [0.1, 0.15) is 5.82 Å². The number of nitrogens with two attached hydrogens (primary N) is 1. The molecule has 0 aliphatic rings. The normalized spacial score (nSPS) is 12.7. The van der Waals surface area contributed by atoms with Gasteiger partial charge in [-0.3, -0.25) is 0 Å². The summed E-state index contributed by atoms with van der Waals surface area (Å²) in [6.45, 7) is 5.51. The second-order valence-electron chi connectivity index (χ2n) is 4.25. The third-order valence-electron chi connectivity index (χ3n) is 2.55. The molecular formula is C13H20FNO. The van der Waals surface area contributed by atoms with Crippen LogP contribution in [-0.2, 0) is 11.3 Å². The standard InChI is InChI=1S/C13H20FNO/c1-3-4-10(2)8-16-9-11-5-6-12(14)7-13(11)15/h5-7,10H,3-4,8-9,15H2,1-2H3. The number of anilines is 1. The summed E-state index contributed by atoms with van der Waals surface area (Å²) in [5.74, 6) is 0.257. The van der Waals surface area contributed by atoms with Crippen molar-refractivity contribution in [2.24, 2.45) is 5.92 Å². The molecule has 1 unspecified atom stereocenters. The van der Waals surface area contributed by atoms with E-state index in [0.717, 1.165) is 12.2 Å². The van der Waals surface area contributed by atoms with E-state index in [1.54, 1.807) is 6.07 Å². The van der Waals surface area contributed by atoms with E-state index < -0.39 is 0 Å². The fourth-order valence-electron chi connectivity index (χ4n) is 1.64. The summed E-state index contributed by atoms with van der Waals surface area (Å²) in [7, 11) is 0. The van der Waals surface area contributed by atoms with Crippen LogP contribution in [-0.4, -0.2) is 6.61 Å².